The molecule has 2 amide bonds. The number of aromatic nitrogens is 1. The molecule has 32 heavy (non-hydrogen) atoms. The molecule has 0 atom stereocenters. The van der Waals surface area contributed by atoms with E-state index in [4.69, 9.17) is 0 Å². The summed E-state index contributed by atoms with van der Waals surface area (Å²) in [6.07, 6.45) is 8.36. The molecule has 0 unspecified atom stereocenters. The molecular formula is C26H29N3O2S. The average Bonchev–Trinajstić information content (AvgIpc) is 3.27. The van der Waals surface area contributed by atoms with E-state index in [1.54, 1.807) is 11.8 Å². The summed E-state index contributed by atoms with van der Waals surface area (Å²) in [5.74, 6) is -0.0202. The Hall–Kier alpha value is -2.99. The van der Waals surface area contributed by atoms with Crippen LogP contribution in [-0.2, 0) is 16.0 Å². The van der Waals surface area contributed by atoms with Gasteiger partial charge in [-0.05, 0) is 48.4 Å². The third-order valence-electron chi connectivity index (χ3n) is 5.96. The van der Waals surface area contributed by atoms with Gasteiger partial charge in [-0.25, -0.2) is 0 Å². The lowest BCUT2D eigenvalue weighted by Gasteiger charge is -2.26. The first kappa shape index (κ1) is 22.2. The number of hydrogen-bond acceptors (Lipinski definition) is 3. The van der Waals surface area contributed by atoms with Crippen LogP contribution in [0.5, 0.6) is 0 Å². The lowest BCUT2D eigenvalue weighted by Crippen LogP contribution is -2.35. The summed E-state index contributed by atoms with van der Waals surface area (Å²) >= 11 is 1.72. The molecule has 2 N–H and O–H groups in total. The molecule has 5 nitrogen and oxygen atoms in total. The molecule has 0 spiro atoms. The summed E-state index contributed by atoms with van der Waals surface area (Å²) in [5, 5.41) is 4.15. The number of aromatic amines is 1. The number of benzene rings is 2. The molecule has 1 aliphatic heterocycles. The van der Waals surface area contributed by atoms with Crippen LogP contribution in [0, 0.1) is 0 Å². The van der Waals surface area contributed by atoms with Gasteiger partial charge in [0.1, 0.15) is 0 Å². The Bertz CT molecular complexity index is 1120. The highest BCUT2D eigenvalue weighted by Gasteiger charge is 2.20. The maximum atomic E-state index is 12.6. The summed E-state index contributed by atoms with van der Waals surface area (Å²) in [6, 6.07) is 16.6. The molecular weight excluding hydrogens is 418 g/mol. The van der Waals surface area contributed by atoms with E-state index in [0.717, 1.165) is 18.4 Å². The van der Waals surface area contributed by atoms with Gasteiger partial charge in [-0.15, -0.1) is 11.8 Å². The van der Waals surface area contributed by atoms with Crippen LogP contribution in [-0.4, -0.2) is 47.6 Å². The van der Waals surface area contributed by atoms with Crippen molar-refractivity contribution < 1.29 is 9.59 Å². The van der Waals surface area contributed by atoms with Crippen LogP contribution in [0.25, 0.3) is 16.5 Å². The van der Waals surface area contributed by atoms with E-state index in [1.807, 2.05) is 17.0 Å². The zero-order valence-corrected chi connectivity index (χ0v) is 19.2. The average molecular weight is 448 g/mol. The van der Waals surface area contributed by atoms with Crippen molar-refractivity contribution >= 4 is 40.1 Å². The van der Waals surface area contributed by atoms with Gasteiger partial charge in [0, 0.05) is 60.0 Å². The number of rotatable bonds is 8. The molecule has 6 heteroatoms. The minimum atomic E-state index is -0.0638. The maximum Gasteiger partial charge on any atom is 0.223 e. The molecule has 2 aromatic carbocycles. The molecule has 1 aromatic heterocycles. The van der Waals surface area contributed by atoms with Crippen LogP contribution >= 0.6 is 11.8 Å². The van der Waals surface area contributed by atoms with Crippen molar-refractivity contribution in [2.75, 3.05) is 25.9 Å². The lowest BCUT2D eigenvalue weighted by molar-refractivity contribution is -0.133. The predicted molar refractivity (Wildman–Crippen MR) is 132 cm³/mol. The summed E-state index contributed by atoms with van der Waals surface area (Å²) < 4.78 is 0. The number of carbonyl (C=O) groups excluding carboxylic acids is 2. The van der Waals surface area contributed by atoms with Gasteiger partial charge in [0.05, 0.1) is 0 Å². The highest BCUT2D eigenvalue weighted by molar-refractivity contribution is 7.98. The van der Waals surface area contributed by atoms with Gasteiger partial charge >= 0.3 is 0 Å². The molecule has 3 aromatic rings. The molecule has 0 fully saturated rings. The second kappa shape index (κ2) is 10.6. The Morgan fingerprint density at radius 2 is 1.91 bits per heavy atom. The molecule has 4 rings (SSSR count). The molecule has 0 bridgehead atoms. The van der Waals surface area contributed by atoms with E-state index < -0.39 is 0 Å². The van der Waals surface area contributed by atoms with E-state index in [-0.39, 0.29) is 24.7 Å². The van der Waals surface area contributed by atoms with Gasteiger partial charge in [0.15, 0.2) is 0 Å². The molecule has 1 aliphatic rings. The SMILES string of the molecule is CSc1ccc(CCNC(=O)CCC(=O)N2CC=C(c3c[nH]c4ccccc34)CC2)cc1. The van der Waals surface area contributed by atoms with E-state index in [2.05, 4.69) is 65.2 Å². The number of hydrogen-bond donors (Lipinski definition) is 2. The largest absolute Gasteiger partial charge is 0.361 e. The maximum absolute atomic E-state index is 12.6. The molecule has 0 aliphatic carbocycles. The van der Waals surface area contributed by atoms with Gasteiger partial charge in [-0.1, -0.05) is 36.4 Å². The van der Waals surface area contributed by atoms with E-state index in [0.29, 0.717) is 19.6 Å². The van der Waals surface area contributed by atoms with Crippen molar-refractivity contribution in [1.29, 1.82) is 0 Å². The molecule has 0 saturated carbocycles. The Kier molecular flexibility index (Phi) is 7.32. The third-order valence-corrected chi connectivity index (χ3v) is 6.70. The topological polar surface area (TPSA) is 65.2 Å². The normalized spacial score (nSPS) is 13.8. The fraction of sp³-hybridized carbons (Fsp3) is 0.308. The fourth-order valence-electron chi connectivity index (χ4n) is 4.08. The lowest BCUT2D eigenvalue weighted by atomic mass is 9.98. The Labute approximate surface area is 193 Å². The van der Waals surface area contributed by atoms with Crippen molar-refractivity contribution in [2.24, 2.45) is 0 Å². The quantitative estimate of drug-likeness (QED) is 0.494. The van der Waals surface area contributed by atoms with Crippen LogP contribution in [0.2, 0.25) is 0 Å². The highest BCUT2D eigenvalue weighted by atomic mass is 32.2. The number of nitrogens with one attached hydrogen (secondary N) is 2. The number of carbonyl (C=O) groups is 2. The second-order valence-corrected chi connectivity index (χ2v) is 8.89. The summed E-state index contributed by atoms with van der Waals surface area (Å²) in [6.45, 7) is 1.88. The Balaban J connectivity index is 1.20. The van der Waals surface area contributed by atoms with Gasteiger partial charge in [-0.2, -0.15) is 0 Å². The smallest absolute Gasteiger partial charge is 0.223 e. The standard InChI is InChI=1S/C26H29N3O2S/c1-32-21-8-6-19(7-9-21)12-15-27-25(30)10-11-26(31)29-16-13-20(14-17-29)23-18-28-24-5-3-2-4-22(23)24/h2-9,13,18,28H,10-12,14-17H2,1H3,(H,27,30). The van der Waals surface area contributed by atoms with Crippen molar-refractivity contribution in [1.82, 2.24) is 15.2 Å². The number of nitrogens with zero attached hydrogens (tertiary/aromatic N) is 1. The number of para-hydroxylation sites is 1. The van der Waals surface area contributed by atoms with Gasteiger partial charge in [0.2, 0.25) is 11.8 Å². The minimum absolute atomic E-state index is 0.0435. The first-order chi connectivity index (χ1) is 15.6. The van der Waals surface area contributed by atoms with Crippen molar-refractivity contribution in [3.8, 4) is 0 Å². The first-order valence-corrected chi connectivity index (χ1v) is 12.3. The number of fused-ring (bicyclic) bond motifs is 1. The highest BCUT2D eigenvalue weighted by Crippen LogP contribution is 2.29. The van der Waals surface area contributed by atoms with Crippen LogP contribution in [0.1, 0.15) is 30.4 Å². The minimum Gasteiger partial charge on any atom is -0.361 e. The fourth-order valence-corrected chi connectivity index (χ4v) is 4.49. The van der Waals surface area contributed by atoms with Crippen molar-refractivity contribution in [3.05, 3.63) is 71.9 Å². The van der Waals surface area contributed by atoms with Crippen molar-refractivity contribution in [3.63, 3.8) is 0 Å². The second-order valence-electron chi connectivity index (χ2n) is 8.02. The van der Waals surface area contributed by atoms with Gasteiger partial charge in [-0.3, -0.25) is 9.59 Å². The molecule has 0 radical (unpaired) electrons. The van der Waals surface area contributed by atoms with Crippen LogP contribution in [0.15, 0.2) is 65.7 Å². The van der Waals surface area contributed by atoms with E-state index in [1.165, 1.54) is 27.0 Å². The van der Waals surface area contributed by atoms with E-state index >= 15 is 0 Å². The molecule has 0 saturated heterocycles. The zero-order valence-electron chi connectivity index (χ0n) is 18.4. The number of thioether (sulfide) groups is 1. The first-order valence-electron chi connectivity index (χ1n) is 11.1. The van der Waals surface area contributed by atoms with Gasteiger partial charge in [0.25, 0.3) is 0 Å². The van der Waals surface area contributed by atoms with Gasteiger partial charge < -0.3 is 15.2 Å². The third kappa shape index (κ3) is 5.43. The predicted octanol–water partition coefficient (Wildman–Crippen LogP) is 4.64. The number of amides is 2. The molecule has 166 valence electrons. The Morgan fingerprint density at radius 1 is 1.09 bits per heavy atom. The summed E-state index contributed by atoms with van der Waals surface area (Å²) in [7, 11) is 0. The summed E-state index contributed by atoms with van der Waals surface area (Å²) in [5.41, 5.74) is 4.82. The monoisotopic (exact) mass is 447 g/mol. The van der Waals surface area contributed by atoms with Crippen LogP contribution in [0.3, 0.4) is 0 Å². The zero-order chi connectivity index (χ0) is 22.3. The molecule has 2 heterocycles. The van der Waals surface area contributed by atoms with Crippen LogP contribution in [0.4, 0.5) is 0 Å². The van der Waals surface area contributed by atoms with Crippen LogP contribution < -0.4 is 5.32 Å². The van der Waals surface area contributed by atoms with Crippen molar-refractivity contribution in [2.45, 2.75) is 30.6 Å². The Morgan fingerprint density at radius 3 is 2.66 bits per heavy atom. The number of H-pyrrole nitrogens is 1. The summed E-state index contributed by atoms with van der Waals surface area (Å²) in [4.78, 5) is 31.1. The van der Waals surface area contributed by atoms with E-state index in [9.17, 15) is 9.59 Å².